The summed E-state index contributed by atoms with van der Waals surface area (Å²) < 4.78 is 15.6. The molecule has 1 saturated heterocycles. The molecule has 5 rings (SSSR count). The minimum atomic E-state index is -0.278. The highest BCUT2D eigenvalue weighted by Crippen LogP contribution is 2.31. The molecule has 1 aliphatic heterocycles. The normalized spacial score (nSPS) is 16.6. The van der Waals surface area contributed by atoms with Gasteiger partial charge in [-0.15, -0.1) is 0 Å². The van der Waals surface area contributed by atoms with Gasteiger partial charge in [-0.1, -0.05) is 41.4 Å². The summed E-state index contributed by atoms with van der Waals surface area (Å²) in [7, 11) is 0. The highest BCUT2D eigenvalue weighted by atomic mass is 35.5. The maximum atomic E-state index is 13.6. The number of para-hydroxylation sites is 2. The van der Waals surface area contributed by atoms with Crippen LogP contribution in [0.15, 0.2) is 66.7 Å². The molecule has 0 radical (unpaired) electrons. The molecule has 1 atom stereocenters. The van der Waals surface area contributed by atoms with Gasteiger partial charge in [0.15, 0.2) is 0 Å². The van der Waals surface area contributed by atoms with Crippen LogP contribution in [-0.4, -0.2) is 33.4 Å². The van der Waals surface area contributed by atoms with Crippen molar-refractivity contribution in [2.75, 3.05) is 18.4 Å². The SMILES string of the molecule is O=C(Nc1cccc(Cl)c1Cl)[C@@H]1CCCN(Cc2nc3ccccc3n2-c2ccc(F)cc2)C1. The number of nitrogens with zero attached hydrogens (tertiary/aromatic N) is 3. The van der Waals surface area contributed by atoms with E-state index in [1.54, 1.807) is 30.3 Å². The Kier molecular flexibility index (Phi) is 6.55. The number of hydrogen-bond donors (Lipinski definition) is 1. The van der Waals surface area contributed by atoms with E-state index in [4.69, 9.17) is 28.2 Å². The van der Waals surface area contributed by atoms with E-state index in [-0.39, 0.29) is 17.6 Å². The third-order valence-corrected chi connectivity index (χ3v) is 6.98. The van der Waals surface area contributed by atoms with Crippen molar-refractivity contribution in [3.63, 3.8) is 0 Å². The number of anilines is 1. The zero-order valence-electron chi connectivity index (χ0n) is 18.3. The summed E-state index contributed by atoms with van der Waals surface area (Å²) >= 11 is 12.3. The van der Waals surface area contributed by atoms with Gasteiger partial charge < -0.3 is 5.32 Å². The van der Waals surface area contributed by atoms with Gasteiger partial charge in [0.25, 0.3) is 0 Å². The number of hydrogen-bond acceptors (Lipinski definition) is 3. The third-order valence-electron chi connectivity index (χ3n) is 6.17. The Bertz CT molecular complexity index is 1340. The Morgan fingerprint density at radius 1 is 1.06 bits per heavy atom. The molecule has 0 unspecified atom stereocenters. The van der Waals surface area contributed by atoms with Crippen molar-refractivity contribution >= 4 is 45.8 Å². The summed E-state index contributed by atoms with van der Waals surface area (Å²) in [5, 5.41) is 3.68. The first kappa shape index (κ1) is 22.8. The molecule has 0 bridgehead atoms. The minimum Gasteiger partial charge on any atom is -0.324 e. The van der Waals surface area contributed by atoms with Crippen LogP contribution in [0.1, 0.15) is 18.7 Å². The molecule has 2 heterocycles. The van der Waals surface area contributed by atoms with Crippen molar-refractivity contribution in [3.05, 3.63) is 88.4 Å². The number of fused-ring (bicyclic) bond motifs is 1. The molecule has 5 nitrogen and oxygen atoms in total. The molecule has 3 aromatic carbocycles. The second-order valence-corrected chi connectivity index (χ2v) is 9.28. The fraction of sp³-hybridized carbons (Fsp3) is 0.231. The van der Waals surface area contributed by atoms with Crippen LogP contribution in [0.3, 0.4) is 0 Å². The number of amides is 1. The number of imidazole rings is 1. The predicted molar refractivity (Wildman–Crippen MR) is 134 cm³/mol. The maximum Gasteiger partial charge on any atom is 0.228 e. The first-order valence-electron chi connectivity index (χ1n) is 11.2. The van der Waals surface area contributed by atoms with E-state index in [1.165, 1.54) is 12.1 Å². The Morgan fingerprint density at radius 2 is 1.85 bits per heavy atom. The molecule has 0 saturated carbocycles. The Balaban J connectivity index is 1.37. The standard InChI is InChI=1S/C26H23Cl2FN4O/c27-20-6-3-8-22(25(20)28)31-26(34)17-5-4-14-32(15-17)16-24-30-21-7-1-2-9-23(21)33(24)19-12-10-18(29)11-13-19/h1-3,6-13,17H,4-5,14-16H2,(H,31,34)/t17-/m1/s1. The van der Waals surface area contributed by atoms with Crippen molar-refractivity contribution in [3.8, 4) is 5.69 Å². The molecule has 1 N–H and O–H groups in total. The van der Waals surface area contributed by atoms with Crippen LogP contribution >= 0.6 is 23.2 Å². The van der Waals surface area contributed by atoms with Crippen LogP contribution in [0.2, 0.25) is 10.0 Å². The summed E-state index contributed by atoms with van der Waals surface area (Å²) in [5.41, 5.74) is 3.22. The Hall–Kier alpha value is -2.93. The Morgan fingerprint density at radius 3 is 2.68 bits per heavy atom. The van der Waals surface area contributed by atoms with Crippen LogP contribution in [-0.2, 0) is 11.3 Å². The zero-order chi connectivity index (χ0) is 23.7. The van der Waals surface area contributed by atoms with E-state index < -0.39 is 0 Å². The van der Waals surface area contributed by atoms with E-state index in [0.717, 1.165) is 41.9 Å². The van der Waals surface area contributed by atoms with Crippen LogP contribution in [0.25, 0.3) is 16.7 Å². The van der Waals surface area contributed by atoms with Gasteiger partial charge in [-0.3, -0.25) is 14.3 Å². The summed E-state index contributed by atoms with van der Waals surface area (Å²) in [6.07, 6.45) is 1.70. The number of carbonyl (C=O) groups is 1. The molecule has 174 valence electrons. The summed E-state index contributed by atoms with van der Waals surface area (Å²) in [6, 6.07) is 19.5. The monoisotopic (exact) mass is 496 g/mol. The average molecular weight is 497 g/mol. The van der Waals surface area contributed by atoms with Crippen molar-refractivity contribution in [2.24, 2.45) is 5.92 Å². The van der Waals surface area contributed by atoms with Gasteiger partial charge in [-0.2, -0.15) is 0 Å². The fourth-order valence-electron chi connectivity index (χ4n) is 4.51. The number of nitrogens with one attached hydrogen (secondary N) is 1. The molecule has 4 aromatic rings. The number of halogens is 3. The van der Waals surface area contributed by atoms with Gasteiger partial charge in [0.2, 0.25) is 5.91 Å². The largest absolute Gasteiger partial charge is 0.324 e. The summed E-state index contributed by atoms with van der Waals surface area (Å²) in [4.78, 5) is 20.1. The van der Waals surface area contributed by atoms with Crippen molar-refractivity contribution in [1.29, 1.82) is 0 Å². The molecule has 1 amide bonds. The van der Waals surface area contributed by atoms with E-state index in [9.17, 15) is 9.18 Å². The predicted octanol–water partition coefficient (Wildman–Crippen LogP) is 6.32. The van der Waals surface area contributed by atoms with E-state index in [2.05, 4.69) is 14.8 Å². The van der Waals surface area contributed by atoms with Crippen molar-refractivity contribution < 1.29 is 9.18 Å². The van der Waals surface area contributed by atoms with Crippen LogP contribution in [0.4, 0.5) is 10.1 Å². The number of benzene rings is 3. The van der Waals surface area contributed by atoms with E-state index in [1.807, 2.05) is 24.3 Å². The lowest BCUT2D eigenvalue weighted by molar-refractivity contribution is -0.121. The maximum absolute atomic E-state index is 13.6. The second-order valence-electron chi connectivity index (χ2n) is 8.49. The average Bonchev–Trinajstić information content (AvgIpc) is 3.20. The minimum absolute atomic E-state index is 0.0686. The van der Waals surface area contributed by atoms with Crippen molar-refractivity contribution in [1.82, 2.24) is 14.5 Å². The number of carbonyl (C=O) groups excluding carboxylic acids is 1. The molecular formula is C26H23Cl2FN4O. The lowest BCUT2D eigenvalue weighted by Gasteiger charge is -2.32. The molecule has 1 aliphatic rings. The topological polar surface area (TPSA) is 50.2 Å². The number of rotatable bonds is 5. The molecule has 8 heteroatoms. The fourth-order valence-corrected chi connectivity index (χ4v) is 4.86. The van der Waals surface area contributed by atoms with Gasteiger partial charge in [0.1, 0.15) is 11.6 Å². The van der Waals surface area contributed by atoms with Gasteiger partial charge in [-0.05, 0) is 67.9 Å². The first-order chi connectivity index (χ1) is 16.5. The number of aromatic nitrogens is 2. The van der Waals surface area contributed by atoms with Crippen LogP contribution < -0.4 is 5.32 Å². The molecule has 0 aliphatic carbocycles. The van der Waals surface area contributed by atoms with Gasteiger partial charge in [0, 0.05) is 12.2 Å². The summed E-state index contributed by atoms with van der Waals surface area (Å²) in [5.74, 6) is 0.333. The van der Waals surface area contributed by atoms with E-state index in [0.29, 0.717) is 28.8 Å². The first-order valence-corrected chi connectivity index (χ1v) is 11.9. The summed E-state index contributed by atoms with van der Waals surface area (Å²) in [6.45, 7) is 2.05. The Labute approximate surface area is 207 Å². The van der Waals surface area contributed by atoms with Gasteiger partial charge in [0.05, 0.1) is 39.2 Å². The lowest BCUT2D eigenvalue weighted by atomic mass is 9.97. The molecule has 34 heavy (non-hydrogen) atoms. The second kappa shape index (κ2) is 9.74. The van der Waals surface area contributed by atoms with Gasteiger partial charge >= 0.3 is 0 Å². The van der Waals surface area contributed by atoms with E-state index >= 15 is 0 Å². The number of piperidine rings is 1. The molecule has 0 spiro atoms. The van der Waals surface area contributed by atoms with Gasteiger partial charge in [-0.25, -0.2) is 9.37 Å². The third kappa shape index (κ3) is 4.67. The van der Waals surface area contributed by atoms with Crippen molar-refractivity contribution in [2.45, 2.75) is 19.4 Å². The quantitative estimate of drug-likeness (QED) is 0.351. The zero-order valence-corrected chi connectivity index (χ0v) is 19.9. The lowest BCUT2D eigenvalue weighted by Crippen LogP contribution is -2.40. The highest BCUT2D eigenvalue weighted by Gasteiger charge is 2.27. The molecule has 1 fully saturated rings. The number of likely N-dealkylation sites (tertiary alicyclic amines) is 1. The molecule has 1 aromatic heterocycles. The van der Waals surface area contributed by atoms with Crippen LogP contribution in [0.5, 0.6) is 0 Å². The van der Waals surface area contributed by atoms with Crippen LogP contribution in [0, 0.1) is 11.7 Å². The smallest absolute Gasteiger partial charge is 0.228 e. The molecular weight excluding hydrogens is 474 g/mol. The highest BCUT2D eigenvalue weighted by molar-refractivity contribution is 6.44.